The largest absolute Gasteiger partial charge is 0.392 e. The van der Waals surface area contributed by atoms with Gasteiger partial charge in [0.05, 0.1) is 23.8 Å². The summed E-state index contributed by atoms with van der Waals surface area (Å²) in [7, 11) is 0. The first-order valence-electron chi connectivity index (χ1n) is 11.9. The molecule has 2 unspecified atom stereocenters. The van der Waals surface area contributed by atoms with Crippen LogP contribution in [0.4, 0.5) is 0 Å². The minimum absolute atomic E-state index is 0.0317. The van der Waals surface area contributed by atoms with Crippen LogP contribution >= 0.6 is 0 Å². The maximum Gasteiger partial charge on any atom is 0.226 e. The third-order valence-corrected chi connectivity index (χ3v) is 6.96. The molecule has 7 nitrogen and oxygen atoms in total. The van der Waals surface area contributed by atoms with Crippen LogP contribution in [0.3, 0.4) is 0 Å². The van der Waals surface area contributed by atoms with Crippen molar-refractivity contribution in [3.05, 3.63) is 35.9 Å². The molecule has 2 saturated heterocycles. The summed E-state index contributed by atoms with van der Waals surface area (Å²) in [4.78, 5) is 33.8. The molecule has 0 bridgehead atoms. The number of likely N-dealkylation sites (tertiary alicyclic amines) is 1. The van der Waals surface area contributed by atoms with E-state index in [1.807, 2.05) is 49.1 Å². The second kappa shape index (κ2) is 10.0. The quantitative estimate of drug-likeness (QED) is 0.736. The van der Waals surface area contributed by atoms with E-state index < -0.39 is 5.41 Å². The lowest BCUT2D eigenvalue weighted by Crippen LogP contribution is -2.54. The molecular weight excluding hydrogens is 406 g/mol. The number of oxime groups is 1. The molecule has 174 valence electrons. The van der Waals surface area contributed by atoms with Crippen molar-refractivity contribution in [3.8, 4) is 0 Å². The highest BCUT2D eigenvalue weighted by atomic mass is 16.6. The summed E-state index contributed by atoms with van der Waals surface area (Å²) in [6, 6.07) is 10.1. The van der Waals surface area contributed by atoms with Gasteiger partial charge in [0, 0.05) is 38.5 Å². The van der Waals surface area contributed by atoms with E-state index in [0.717, 1.165) is 30.7 Å². The lowest BCUT2D eigenvalue weighted by Gasteiger charge is -2.42. The number of ether oxygens (including phenoxy) is 1. The molecule has 0 aliphatic carbocycles. The van der Waals surface area contributed by atoms with Gasteiger partial charge in [-0.2, -0.15) is 0 Å². The van der Waals surface area contributed by atoms with E-state index >= 15 is 0 Å². The number of amides is 2. The Kier molecular flexibility index (Phi) is 7.13. The second-order valence-corrected chi connectivity index (χ2v) is 9.69. The summed E-state index contributed by atoms with van der Waals surface area (Å²) < 4.78 is 5.56. The average Bonchev–Trinajstić information content (AvgIpc) is 3.28. The van der Waals surface area contributed by atoms with E-state index in [2.05, 4.69) is 10.5 Å². The van der Waals surface area contributed by atoms with Gasteiger partial charge in [0.2, 0.25) is 11.8 Å². The number of piperidine rings is 1. The molecule has 1 N–H and O–H groups in total. The molecule has 0 radical (unpaired) electrons. The summed E-state index contributed by atoms with van der Waals surface area (Å²) in [5.74, 6) is 0.198. The molecule has 4 rings (SSSR count). The molecule has 7 heteroatoms. The van der Waals surface area contributed by atoms with E-state index in [9.17, 15) is 9.59 Å². The first kappa shape index (κ1) is 22.8. The van der Waals surface area contributed by atoms with E-state index in [1.54, 1.807) is 0 Å². The molecule has 1 aromatic carbocycles. The fourth-order valence-corrected chi connectivity index (χ4v) is 5.01. The van der Waals surface area contributed by atoms with Crippen LogP contribution in [0.1, 0.15) is 57.9 Å². The molecule has 2 fully saturated rings. The van der Waals surface area contributed by atoms with Crippen molar-refractivity contribution in [1.82, 2.24) is 10.2 Å². The maximum atomic E-state index is 13.6. The predicted molar refractivity (Wildman–Crippen MR) is 122 cm³/mol. The summed E-state index contributed by atoms with van der Waals surface area (Å²) in [5, 5.41) is 7.58. The number of carbonyl (C=O) groups is 2. The van der Waals surface area contributed by atoms with Gasteiger partial charge in [-0.15, -0.1) is 0 Å². The minimum atomic E-state index is -0.558. The normalized spacial score (nSPS) is 25.2. The van der Waals surface area contributed by atoms with Gasteiger partial charge < -0.3 is 19.8 Å². The number of benzene rings is 1. The van der Waals surface area contributed by atoms with Crippen molar-refractivity contribution >= 4 is 17.5 Å². The van der Waals surface area contributed by atoms with Crippen LogP contribution in [-0.2, 0) is 19.2 Å². The van der Waals surface area contributed by atoms with Gasteiger partial charge in [-0.1, -0.05) is 49.3 Å². The van der Waals surface area contributed by atoms with Gasteiger partial charge in [0.25, 0.3) is 0 Å². The molecule has 2 amide bonds. The molecule has 0 saturated carbocycles. The third kappa shape index (κ3) is 5.14. The minimum Gasteiger partial charge on any atom is -0.392 e. The molecule has 3 aliphatic heterocycles. The predicted octanol–water partition coefficient (Wildman–Crippen LogP) is 3.13. The highest BCUT2D eigenvalue weighted by Crippen LogP contribution is 2.40. The lowest BCUT2D eigenvalue weighted by molar-refractivity contribution is -0.145. The van der Waals surface area contributed by atoms with Crippen molar-refractivity contribution in [2.24, 2.45) is 16.5 Å². The van der Waals surface area contributed by atoms with Gasteiger partial charge in [0.1, 0.15) is 6.10 Å². The maximum absolute atomic E-state index is 13.6. The topological polar surface area (TPSA) is 80.2 Å². The Balaban J connectivity index is 1.44. The first-order valence-corrected chi connectivity index (χ1v) is 11.9. The summed E-state index contributed by atoms with van der Waals surface area (Å²) in [5.41, 5.74) is 1.43. The van der Waals surface area contributed by atoms with E-state index in [0.29, 0.717) is 45.4 Å². The molecule has 2 atom stereocenters. The van der Waals surface area contributed by atoms with Crippen molar-refractivity contribution < 1.29 is 19.2 Å². The standard InChI is InChI=1S/C25H35N3O4/c1-18(2)23(29)28-12-10-25(11-13-28,24(30)26-20-9-6-14-31-17-20)16-21-15-22(27-32-21)19-7-4-3-5-8-19/h3-5,7-8,18,20-21H,6,9-17H2,1-2H3,(H,26,30). The molecule has 0 aromatic heterocycles. The van der Waals surface area contributed by atoms with Crippen molar-refractivity contribution in [3.63, 3.8) is 0 Å². The van der Waals surface area contributed by atoms with Crippen LogP contribution < -0.4 is 5.32 Å². The Morgan fingerprint density at radius 2 is 1.97 bits per heavy atom. The molecular formula is C25H35N3O4. The van der Waals surface area contributed by atoms with Gasteiger partial charge in [0.15, 0.2) is 0 Å². The number of nitrogens with zero attached hydrogens (tertiary/aromatic N) is 2. The van der Waals surface area contributed by atoms with Gasteiger partial charge >= 0.3 is 0 Å². The number of nitrogens with one attached hydrogen (secondary N) is 1. The summed E-state index contributed by atoms with van der Waals surface area (Å²) >= 11 is 0. The Hall–Kier alpha value is -2.41. The van der Waals surface area contributed by atoms with Crippen LogP contribution in [0, 0.1) is 11.3 Å². The van der Waals surface area contributed by atoms with E-state index in [-0.39, 0.29) is 29.9 Å². The monoisotopic (exact) mass is 441 g/mol. The third-order valence-electron chi connectivity index (χ3n) is 6.96. The Bertz CT molecular complexity index is 825. The molecule has 3 aliphatic rings. The molecule has 0 spiro atoms. The summed E-state index contributed by atoms with van der Waals surface area (Å²) in [6.07, 6.45) is 4.37. The van der Waals surface area contributed by atoms with E-state index in [1.165, 1.54) is 0 Å². The highest BCUT2D eigenvalue weighted by Gasteiger charge is 2.46. The molecule has 3 heterocycles. The van der Waals surface area contributed by atoms with Crippen LogP contribution in [0.25, 0.3) is 0 Å². The van der Waals surface area contributed by atoms with Crippen LogP contribution in [0.5, 0.6) is 0 Å². The van der Waals surface area contributed by atoms with Crippen molar-refractivity contribution in [2.45, 2.75) is 64.5 Å². The Labute approximate surface area is 190 Å². The molecule has 1 aromatic rings. The summed E-state index contributed by atoms with van der Waals surface area (Å²) in [6.45, 7) is 6.39. The second-order valence-electron chi connectivity index (χ2n) is 9.69. The zero-order chi connectivity index (χ0) is 22.6. The fourth-order valence-electron chi connectivity index (χ4n) is 5.01. The highest BCUT2D eigenvalue weighted by molar-refractivity contribution is 6.01. The number of hydrogen-bond acceptors (Lipinski definition) is 5. The van der Waals surface area contributed by atoms with Crippen LogP contribution in [0.15, 0.2) is 35.5 Å². The first-order chi connectivity index (χ1) is 15.5. The Morgan fingerprint density at radius 3 is 2.62 bits per heavy atom. The Morgan fingerprint density at radius 1 is 1.22 bits per heavy atom. The van der Waals surface area contributed by atoms with Gasteiger partial charge in [-0.05, 0) is 31.2 Å². The van der Waals surface area contributed by atoms with Crippen LogP contribution in [-0.4, -0.2) is 60.9 Å². The zero-order valence-electron chi connectivity index (χ0n) is 19.2. The van der Waals surface area contributed by atoms with Gasteiger partial charge in [-0.3, -0.25) is 9.59 Å². The SMILES string of the molecule is CC(C)C(=O)N1CCC(CC2CC(c3ccccc3)=NO2)(C(=O)NC2CCCOC2)CC1. The van der Waals surface area contributed by atoms with Crippen molar-refractivity contribution in [2.75, 3.05) is 26.3 Å². The fraction of sp³-hybridized carbons (Fsp3) is 0.640. The van der Waals surface area contributed by atoms with Gasteiger partial charge in [-0.25, -0.2) is 0 Å². The zero-order valence-corrected chi connectivity index (χ0v) is 19.2. The lowest BCUT2D eigenvalue weighted by atomic mass is 9.72. The number of rotatable bonds is 6. The number of carbonyl (C=O) groups excluding carboxylic acids is 2. The smallest absolute Gasteiger partial charge is 0.226 e. The molecule has 32 heavy (non-hydrogen) atoms. The number of hydrogen-bond donors (Lipinski definition) is 1. The average molecular weight is 442 g/mol. The van der Waals surface area contributed by atoms with Crippen molar-refractivity contribution in [1.29, 1.82) is 0 Å². The van der Waals surface area contributed by atoms with E-state index in [4.69, 9.17) is 9.57 Å². The van der Waals surface area contributed by atoms with Crippen LogP contribution in [0.2, 0.25) is 0 Å².